The maximum absolute atomic E-state index is 11.1. The number of nitrogens with zero attached hydrogens (tertiary/aromatic N) is 14. The van der Waals surface area contributed by atoms with E-state index in [0.29, 0.717) is 52.6 Å². The van der Waals surface area contributed by atoms with Gasteiger partial charge in [0.05, 0.1) is 66.5 Å². The molecule has 8 aromatic rings. The van der Waals surface area contributed by atoms with Gasteiger partial charge in [0.15, 0.2) is 0 Å². The molecule has 0 saturated carbocycles. The van der Waals surface area contributed by atoms with Gasteiger partial charge in [-0.15, -0.1) is 20.4 Å². The van der Waals surface area contributed by atoms with Crippen LogP contribution in [0.4, 0.5) is 11.4 Å². The predicted octanol–water partition coefficient (Wildman–Crippen LogP) is 8.69. The monoisotopic (exact) mass is 892 g/mol. The van der Waals surface area contributed by atoms with Gasteiger partial charge in [-0.05, 0) is 67.4 Å². The molecule has 290 valence electrons. The topological polar surface area (TPSA) is 209 Å². The third kappa shape index (κ3) is 7.97. The summed E-state index contributed by atoms with van der Waals surface area (Å²) >= 11 is 26.8. The largest absolute Gasteiger partial charge is 0.269 e. The standard InChI is InChI=1S/C34H20Cl4N14O4S2/c35-25-3-1-4-26(36)29(25)49-33(23(15-39-49)31-41-45-47(43-31)17-19-7-11-21(12-8-19)51(53)54)57-58-34-24(16-40-50(34)30-27(37)5-2-6-28(30)38)32-42-46-48(44-32)18-20-9-13-22(14-10-20)52(55)56/h1-16H,17-18H2. The van der Waals surface area contributed by atoms with Gasteiger partial charge in [0, 0.05) is 24.3 Å². The van der Waals surface area contributed by atoms with Gasteiger partial charge in [-0.3, -0.25) is 20.2 Å². The van der Waals surface area contributed by atoms with Crippen LogP contribution in [0.5, 0.6) is 0 Å². The molecule has 0 radical (unpaired) electrons. The van der Waals surface area contributed by atoms with Gasteiger partial charge in [-0.25, -0.2) is 9.36 Å². The molecule has 0 saturated heterocycles. The molecule has 0 fully saturated rings. The highest BCUT2D eigenvalue weighted by Crippen LogP contribution is 2.47. The lowest BCUT2D eigenvalue weighted by molar-refractivity contribution is -0.385. The molecular weight excluding hydrogens is 874 g/mol. The van der Waals surface area contributed by atoms with Crippen LogP contribution in [0.2, 0.25) is 20.1 Å². The van der Waals surface area contributed by atoms with Crippen molar-refractivity contribution >= 4 is 79.4 Å². The molecule has 0 aliphatic heterocycles. The molecule has 8 rings (SSSR count). The number of halogens is 4. The van der Waals surface area contributed by atoms with E-state index in [1.54, 1.807) is 82.4 Å². The Kier molecular flexibility index (Phi) is 11.1. The van der Waals surface area contributed by atoms with E-state index in [0.717, 1.165) is 11.1 Å². The second kappa shape index (κ2) is 16.5. The van der Waals surface area contributed by atoms with Gasteiger partial charge in [0.2, 0.25) is 11.6 Å². The predicted molar refractivity (Wildman–Crippen MR) is 217 cm³/mol. The third-order valence-electron chi connectivity index (χ3n) is 8.28. The molecule has 4 heterocycles. The molecular formula is C34H20Cl4N14O4S2. The molecule has 0 atom stereocenters. The minimum atomic E-state index is -0.473. The van der Waals surface area contributed by atoms with Crippen molar-refractivity contribution < 1.29 is 9.85 Å². The SMILES string of the molecule is O=[N+]([O-])c1ccc(Cn2nnc(-c3cnn(-c4c(Cl)cccc4Cl)c3SSc3c(-c4nnn(Cc5ccc([N+](=O)[O-])cc5)n4)cnn3-c3c(Cl)cccc3Cl)n2)cc1. The van der Waals surface area contributed by atoms with Crippen LogP contribution in [-0.4, -0.2) is 69.8 Å². The Morgan fingerprint density at radius 1 is 0.552 bits per heavy atom. The van der Waals surface area contributed by atoms with Crippen LogP contribution in [0.1, 0.15) is 11.1 Å². The summed E-state index contributed by atoms with van der Waals surface area (Å²) in [5, 5.41) is 60.1. The fourth-order valence-corrected chi connectivity index (χ4v) is 9.13. The first-order valence-electron chi connectivity index (χ1n) is 16.5. The first-order chi connectivity index (χ1) is 28.0. The molecule has 0 N–H and O–H groups in total. The number of aromatic nitrogens is 12. The average molecular weight is 895 g/mol. The maximum atomic E-state index is 11.1. The van der Waals surface area contributed by atoms with Crippen LogP contribution in [0, 0.1) is 20.2 Å². The fourth-order valence-electron chi connectivity index (χ4n) is 5.53. The van der Waals surface area contributed by atoms with E-state index in [9.17, 15) is 20.2 Å². The van der Waals surface area contributed by atoms with Crippen molar-refractivity contribution in [2.24, 2.45) is 0 Å². The zero-order chi connectivity index (χ0) is 40.5. The lowest BCUT2D eigenvalue weighted by atomic mass is 10.2. The highest BCUT2D eigenvalue weighted by Gasteiger charge is 2.26. The number of rotatable bonds is 13. The molecule has 0 aliphatic carbocycles. The molecule has 0 aliphatic rings. The second-order valence-corrected chi connectivity index (χ2v) is 15.7. The van der Waals surface area contributed by atoms with Crippen LogP contribution in [-0.2, 0) is 13.1 Å². The second-order valence-electron chi connectivity index (χ2n) is 12.0. The van der Waals surface area contributed by atoms with Crippen LogP contribution in [0.15, 0.2) is 107 Å². The van der Waals surface area contributed by atoms with Crippen LogP contribution < -0.4 is 0 Å². The van der Waals surface area contributed by atoms with Crippen molar-refractivity contribution in [3.05, 3.63) is 149 Å². The Labute approximate surface area is 353 Å². The molecule has 58 heavy (non-hydrogen) atoms. The number of para-hydroxylation sites is 2. The lowest BCUT2D eigenvalue weighted by Crippen LogP contribution is -2.04. The van der Waals surface area contributed by atoms with Crippen molar-refractivity contribution in [1.82, 2.24) is 60.0 Å². The summed E-state index contributed by atoms with van der Waals surface area (Å²) < 4.78 is 3.13. The Balaban J connectivity index is 1.17. The number of hydrogen-bond donors (Lipinski definition) is 0. The fraction of sp³-hybridized carbons (Fsp3) is 0.0588. The quantitative estimate of drug-likeness (QED) is 0.0603. The van der Waals surface area contributed by atoms with E-state index in [2.05, 4.69) is 41.0 Å². The van der Waals surface area contributed by atoms with E-state index >= 15 is 0 Å². The number of tetrazole rings is 2. The number of nitro groups is 2. The van der Waals surface area contributed by atoms with E-state index in [1.165, 1.54) is 55.4 Å². The Morgan fingerprint density at radius 3 is 1.26 bits per heavy atom. The summed E-state index contributed by atoms with van der Waals surface area (Å²) in [6, 6.07) is 22.2. The minimum absolute atomic E-state index is 0.0373. The Bertz CT molecular complexity index is 2600. The third-order valence-corrected chi connectivity index (χ3v) is 11.9. The summed E-state index contributed by atoms with van der Waals surface area (Å²) in [5.41, 5.74) is 3.10. The molecule has 18 nitrogen and oxygen atoms in total. The van der Waals surface area contributed by atoms with E-state index in [4.69, 9.17) is 46.4 Å². The van der Waals surface area contributed by atoms with Gasteiger partial charge in [0.1, 0.15) is 21.4 Å². The maximum Gasteiger partial charge on any atom is 0.269 e. The van der Waals surface area contributed by atoms with Gasteiger partial charge < -0.3 is 0 Å². The molecule has 0 bridgehead atoms. The van der Waals surface area contributed by atoms with Crippen molar-refractivity contribution in [3.8, 4) is 34.2 Å². The number of hydrogen-bond acceptors (Lipinski definition) is 14. The average Bonchev–Trinajstić information content (AvgIpc) is 4.02. The summed E-state index contributed by atoms with van der Waals surface area (Å²) in [4.78, 5) is 24.0. The summed E-state index contributed by atoms with van der Waals surface area (Å²) in [6.45, 7) is 0.372. The summed E-state index contributed by atoms with van der Waals surface area (Å²) in [6.07, 6.45) is 3.12. The smallest absolute Gasteiger partial charge is 0.258 e. The van der Waals surface area contributed by atoms with Gasteiger partial charge in [-0.2, -0.15) is 19.8 Å². The first kappa shape index (κ1) is 38.9. The molecule has 4 aromatic carbocycles. The normalized spacial score (nSPS) is 11.3. The zero-order valence-electron chi connectivity index (χ0n) is 28.9. The van der Waals surface area contributed by atoms with Gasteiger partial charge in [0.25, 0.3) is 11.4 Å². The Morgan fingerprint density at radius 2 is 0.914 bits per heavy atom. The molecule has 0 unspecified atom stereocenters. The van der Waals surface area contributed by atoms with Crippen molar-refractivity contribution in [2.75, 3.05) is 0 Å². The first-order valence-corrected chi connectivity index (χ1v) is 20.1. The van der Waals surface area contributed by atoms with Crippen LogP contribution in [0.25, 0.3) is 34.2 Å². The number of non-ortho nitro benzene ring substituents is 2. The van der Waals surface area contributed by atoms with Crippen LogP contribution >= 0.6 is 68.0 Å². The van der Waals surface area contributed by atoms with Crippen molar-refractivity contribution in [3.63, 3.8) is 0 Å². The van der Waals surface area contributed by atoms with E-state index in [1.807, 2.05) is 0 Å². The van der Waals surface area contributed by atoms with E-state index in [-0.39, 0.29) is 36.1 Å². The van der Waals surface area contributed by atoms with Gasteiger partial charge in [-0.1, -0.05) is 82.8 Å². The van der Waals surface area contributed by atoms with Crippen LogP contribution in [0.3, 0.4) is 0 Å². The van der Waals surface area contributed by atoms with Crippen molar-refractivity contribution in [2.45, 2.75) is 23.1 Å². The van der Waals surface area contributed by atoms with Crippen molar-refractivity contribution in [1.29, 1.82) is 0 Å². The molecule has 24 heteroatoms. The zero-order valence-corrected chi connectivity index (χ0v) is 33.5. The van der Waals surface area contributed by atoms with Gasteiger partial charge >= 0.3 is 0 Å². The Hall–Kier alpha value is -5.90. The number of benzene rings is 4. The summed E-state index contributed by atoms with van der Waals surface area (Å²) in [7, 11) is 2.48. The number of nitro benzene ring substituents is 2. The highest BCUT2D eigenvalue weighted by molar-refractivity contribution is 8.76. The molecule has 4 aromatic heterocycles. The lowest BCUT2D eigenvalue weighted by Gasteiger charge is -2.13. The van der Waals surface area contributed by atoms with E-state index < -0.39 is 9.85 Å². The molecule has 0 spiro atoms. The summed E-state index contributed by atoms with van der Waals surface area (Å²) in [5.74, 6) is 0.441. The highest BCUT2D eigenvalue weighted by atomic mass is 35.5. The minimum Gasteiger partial charge on any atom is -0.258 e. The molecule has 0 amide bonds.